The highest BCUT2D eigenvalue weighted by atomic mass is 35.5. The number of nitrogens with zero attached hydrogens (tertiary/aromatic N) is 2. The van der Waals surface area contributed by atoms with Gasteiger partial charge >= 0.3 is 6.36 Å². The number of benzene rings is 2. The van der Waals surface area contributed by atoms with Crippen LogP contribution in [0.2, 0.25) is 0 Å². The van der Waals surface area contributed by atoms with Gasteiger partial charge in [-0.15, -0.1) is 38.0 Å². The van der Waals surface area contributed by atoms with Crippen LogP contribution in [-0.4, -0.2) is 60.8 Å². The summed E-state index contributed by atoms with van der Waals surface area (Å²) in [7, 11) is 0. The zero-order chi connectivity index (χ0) is 28.2. The molecule has 0 aromatic heterocycles. The van der Waals surface area contributed by atoms with Crippen molar-refractivity contribution in [1.82, 2.24) is 15.1 Å². The Bertz CT molecular complexity index is 1100. The third kappa shape index (κ3) is 9.24. The van der Waals surface area contributed by atoms with E-state index < -0.39 is 6.36 Å². The van der Waals surface area contributed by atoms with Gasteiger partial charge in [0, 0.05) is 32.1 Å². The highest BCUT2D eigenvalue weighted by molar-refractivity contribution is 5.85. The molecule has 230 valence electrons. The first kappa shape index (κ1) is 35.2. The fourth-order valence-electron chi connectivity index (χ4n) is 6.09. The molecule has 0 saturated carbocycles. The molecule has 10 heteroatoms. The Kier molecular flexibility index (Phi) is 12.8. The minimum Gasteiger partial charge on any atom is -0.406 e. The van der Waals surface area contributed by atoms with E-state index in [1.165, 1.54) is 17.7 Å². The lowest BCUT2D eigenvalue weighted by molar-refractivity contribution is -0.274. The van der Waals surface area contributed by atoms with Gasteiger partial charge in [-0.1, -0.05) is 64.1 Å². The van der Waals surface area contributed by atoms with Gasteiger partial charge in [0.1, 0.15) is 5.75 Å². The van der Waals surface area contributed by atoms with Crippen LogP contribution in [0.5, 0.6) is 5.75 Å². The standard InChI is InChI=1S/C31H42F3N3O2.2ClH/c1-5-23-8-6-7-9-26(23)29(24-10-12-25(13-11-24)39-31(32,33)34)36-18-19-37(27(21-36)30(2,3)4)28(38)20-22-14-16-35-17-15-22;;/h6-13,22,27,29,35H,5,14-21H2,1-4H3;2*1H/t27-,29?;;/m1../s1. The molecular formula is C31H44Cl2F3N3O2. The number of hydrogen-bond donors (Lipinski definition) is 1. The van der Waals surface area contributed by atoms with Crippen molar-refractivity contribution in [3.63, 3.8) is 0 Å². The number of hydrogen-bond acceptors (Lipinski definition) is 4. The first-order valence-corrected chi connectivity index (χ1v) is 14.1. The Hall–Kier alpha value is -2.00. The topological polar surface area (TPSA) is 44.8 Å². The molecule has 2 atom stereocenters. The minimum absolute atomic E-state index is 0. The lowest BCUT2D eigenvalue weighted by atomic mass is 9.82. The van der Waals surface area contributed by atoms with Crippen molar-refractivity contribution in [2.45, 2.75) is 71.8 Å². The van der Waals surface area contributed by atoms with Crippen molar-refractivity contribution >= 4 is 30.7 Å². The van der Waals surface area contributed by atoms with E-state index in [1.807, 2.05) is 12.1 Å². The van der Waals surface area contributed by atoms with Crippen LogP contribution in [0, 0.1) is 11.3 Å². The molecule has 1 unspecified atom stereocenters. The number of aryl methyl sites for hydroxylation is 1. The van der Waals surface area contributed by atoms with Crippen LogP contribution in [0.1, 0.15) is 69.7 Å². The molecule has 0 spiro atoms. The van der Waals surface area contributed by atoms with Gasteiger partial charge in [-0.3, -0.25) is 9.69 Å². The summed E-state index contributed by atoms with van der Waals surface area (Å²) in [6, 6.07) is 14.4. The normalized spacial score (nSPS) is 19.6. The van der Waals surface area contributed by atoms with Crippen LogP contribution in [0.3, 0.4) is 0 Å². The number of amides is 1. The van der Waals surface area contributed by atoms with E-state index in [2.05, 4.69) is 59.7 Å². The molecule has 2 fully saturated rings. The van der Waals surface area contributed by atoms with E-state index in [0.717, 1.165) is 43.5 Å². The molecule has 2 aliphatic rings. The van der Waals surface area contributed by atoms with Gasteiger partial charge in [0.25, 0.3) is 0 Å². The monoisotopic (exact) mass is 617 g/mol. The highest BCUT2D eigenvalue weighted by Gasteiger charge is 2.41. The van der Waals surface area contributed by atoms with Crippen LogP contribution in [0.4, 0.5) is 13.2 Å². The molecule has 2 aromatic carbocycles. The molecule has 0 aliphatic carbocycles. The van der Waals surface area contributed by atoms with E-state index in [0.29, 0.717) is 32.0 Å². The van der Waals surface area contributed by atoms with Crippen molar-refractivity contribution < 1.29 is 22.7 Å². The maximum atomic E-state index is 13.6. The molecule has 0 radical (unpaired) electrons. The van der Waals surface area contributed by atoms with Gasteiger partial charge in [0.05, 0.1) is 6.04 Å². The van der Waals surface area contributed by atoms with Gasteiger partial charge < -0.3 is 15.0 Å². The van der Waals surface area contributed by atoms with Crippen LogP contribution in [0.15, 0.2) is 48.5 Å². The van der Waals surface area contributed by atoms with E-state index >= 15 is 0 Å². The Labute approximate surface area is 255 Å². The highest BCUT2D eigenvalue weighted by Crippen LogP contribution is 2.38. The maximum Gasteiger partial charge on any atom is 0.573 e. The first-order chi connectivity index (χ1) is 18.5. The number of rotatable bonds is 7. The van der Waals surface area contributed by atoms with Crippen molar-refractivity contribution in [2.75, 3.05) is 32.7 Å². The number of ether oxygens (including phenoxy) is 1. The van der Waals surface area contributed by atoms with Crippen LogP contribution >= 0.6 is 24.8 Å². The molecular weight excluding hydrogens is 574 g/mol. The second-order valence-electron chi connectivity index (χ2n) is 11.9. The summed E-state index contributed by atoms with van der Waals surface area (Å²) in [5, 5.41) is 3.38. The summed E-state index contributed by atoms with van der Waals surface area (Å²) in [4.78, 5) is 18.1. The Balaban J connectivity index is 0.00000294. The summed E-state index contributed by atoms with van der Waals surface area (Å²) in [6.45, 7) is 12.6. The van der Waals surface area contributed by atoms with Gasteiger partial charge in [-0.25, -0.2) is 0 Å². The van der Waals surface area contributed by atoms with Gasteiger partial charge in [-0.2, -0.15) is 0 Å². The molecule has 4 rings (SSSR count). The van der Waals surface area contributed by atoms with Crippen LogP contribution < -0.4 is 10.1 Å². The second kappa shape index (κ2) is 14.9. The molecule has 5 nitrogen and oxygen atoms in total. The largest absolute Gasteiger partial charge is 0.573 e. The fraction of sp³-hybridized carbons (Fsp3) is 0.581. The van der Waals surface area contributed by atoms with Crippen molar-refractivity contribution in [2.24, 2.45) is 11.3 Å². The summed E-state index contributed by atoms with van der Waals surface area (Å²) < 4.78 is 42.5. The number of alkyl halides is 3. The predicted octanol–water partition coefficient (Wildman–Crippen LogP) is 7.03. The van der Waals surface area contributed by atoms with Crippen molar-refractivity contribution in [1.29, 1.82) is 0 Å². The number of carbonyl (C=O) groups excluding carboxylic acids is 1. The van der Waals surface area contributed by atoms with Crippen LogP contribution in [0.25, 0.3) is 0 Å². The third-order valence-electron chi connectivity index (χ3n) is 8.18. The lowest BCUT2D eigenvalue weighted by Crippen LogP contribution is -2.60. The Morgan fingerprint density at radius 3 is 2.22 bits per heavy atom. The van der Waals surface area contributed by atoms with Crippen molar-refractivity contribution in [3.05, 3.63) is 65.2 Å². The molecule has 2 heterocycles. The summed E-state index contributed by atoms with van der Waals surface area (Å²) in [5.74, 6) is 0.439. The number of piperidine rings is 1. The van der Waals surface area contributed by atoms with E-state index in [9.17, 15) is 18.0 Å². The number of carbonyl (C=O) groups is 1. The van der Waals surface area contributed by atoms with Crippen LogP contribution in [-0.2, 0) is 11.2 Å². The third-order valence-corrected chi connectivity index (χ3v) is 8.18. The lowest BCUT2D eigenvalue weighted by Gasteiger charge is -2.50. The van der Waals surface area contributed by atoms with Gasteiger partial charge in [0.15, 0.2) is 0 Å². The van der Waals surface area contributed by atoms with Crippen molar-refractivity contribution in [3.8, 4) is 5.75 Å². The number of halogens is 5. The van der Waals surface area contributed by atoms with E-state index in [-0.39, 0.29) is 54.0 Å². The van der Waals surface area contributed by atoms with E-state index in [4.69, 9.17) is 0 Å². The summed E-state index contributed by atoms with van der Waals surface area (Å²) in [6.07, 6.45) is -1.21. The molecule has 1 amide bonds. The zero-order valence-corrected chi connectivity index (χ0v) is 26.0. The maximum absolute atomic E-state index is 13.6. The molecule has 41 heavy (non-hydrogen) atoms. The predicted molar refractivity (Wildman–Crippen MR) is 162 cm³/mol. The Morgan fingerprint density at radius 2 is 1.63 bits per heavy atom. The Morgan fingerprint density at radius 1 is 1.00 bits per heavy atom. The number of piperazine rings is 1. The SMILES string of the molecule is CCc1ccccc1C(c1ccc(OC(F)(F)F)cc1)N1CCN(C(=O)CC2CCNCC2)[C@@H](C(C)(C)C)C1.Cl.Cl. The average molecular weight is 619 g/mol. The first-order valence-electron chi connectivity index (χ1n) is 14.1. The minimum atomic E-state index is -4.73. The van der Waals surface area contributed by atoms with E-state index in [1.54, 1.807) is 12.1 Å². The average Bonchev–Trinajstić information content (AvgIpc) is 2.89. The smallest absolute Gasteiger partial charge is 0.406 e. The zero-order valence-electron chi connectivity index (χ0n) is 24.4. The quantitative estimate of drug-likeness (QED) is 0.362. The summed E-state index contributed by atoms with van der Waals surface area (Å²) >= 11 is 0. The molecule has 0 bridgehead atoms. The molecule has 2 saturated heterocycles. The molecule has 2 aliphatic heterocycles. The molecule has 1 N–H and O–H groups in total. The summed E-state index contributed by atoms with van der Waals surface area (Å²) in [5.41, 5.74) is 3.12. The van der Waals surface area contributed by atoms with Gasteiger partial charge in [-0.05, 0) is 72.5 Å². The second-order valence-corrected chi connectivity index (χ2v) is 11.9. The molecule has 2 aromatic rings. The fourth-order valence-corrected chi connectivity index (χ4v) is 6.09. The van der Waals surface area contributed by atoms with Gasteiger partial charge in [0.2, 0.25) is 5.91 Å². The number of nitrogens with one attached hydrogen (secondary N) is 1.